The van der Waals surface area contributed by atoms with E-state index in [0.717, 1.165) is 11.1 Å². The van der Waals surface area contributed by atoms with E-state index in [0.29, 0.717) is 17.9 Å². The lowest BCUT2D eigenvalue weighted by Crippen LogP contribution is -2.33. The SMILES string of the molecule is CC(C)(C(=O)OCc1cccnc1)C(O)c1cccc(OCc2ccccc2)c1. The Kier molecular flexibility index (Phi) is 6.62. The summed E-state index contributed by atoms with van der Waals surface area (Å²) in [6.45, 7) is 3.88. The zero-order valence-electron chi connectivity index (χ0n) is 16.6. The summed E-state index contributed by atoms with van der Waals surface area (Å²) in [4.78, 5) is 16.6. The van der Waals surface area contributed by atoms with Gasteiger partial charge in [0.05, 0.1) is 11.5 Å². The van der Waals surface area contributed by atoms with Gasteiger partial charge in [0.25, 0.3) is 0 Å². The molecule has 5 heteroatoms. The second-order valence-corrected chi connectivity index (χ2v) is 7.41. The molecule has 3 aromatic rings. The Labute approximate surface area is 171 Å². The lowest BCUT2D eigenvalue weighted by atomic mass is 9.82. The number of aliphatic hydroxyl groups excluding tert-OH is 1. The largest absolute Gasteiger partial charge is 0.489 e. The molecule has 150 valence electrons. The van der Waals surface area contributed by atoms with Crippen molar-refractivity contribution in [3.8, 4) is 5.75 Å². The van der Waals surface area contributed by atoms with Gasteiger partial charge in [-0.15, -0.1) is 0 Å². The molecule has 1 heterocycles. The van der Waals surface area contributed by atoms with E-state index < -0.39 is 17.5 Å². The van der Waals surface area contributed by atoms with Crippen LogP contribution in [0, 0.1) is 5.41 Å². The monoisotopic (exact) mass is 391 g/mol. The van der Waals surface area contributed by atoms with Crippen molar-refractivity contribution in [2.75, 3.05) is 0 Å². The van der Waals surface area contributed by atoms with Crippen molar-refractivity contribution in [1.82, 2.24) is 4.98 Å². The second kappa shape index (κ2) is 9.34. The van der Waals surface area contributed by atoms with E-state index in [-0.39, 0.29) is 6.61 Å². The summed E-state index contributed by atoms with van der Waals surface area (Å²) in [7, 11) is 0. The molecular formula is C24H25NO4. The number of hydrogen-bond donors (Lipinski definition) is 1. The maximum absolute atomic E-state index is 12.6. The van der Waals surface area contributed by atoms with Crippen molar-refractivity contribution >= 4 is 5.97 Å². The summed E-state index contributed by atoms with van der Waals surface area (Å²) < 4.78 is 11.2. The van der Waals surface area contributed by atoms with Crippen LogP contribution in [0.3, 0.4) is 0 Å². The number of pyridine rings is 1. The van der Waals surface area contributed by atoms with Crippen LogP contribution in [0.5, 0.6) is 5.75 Å². The van der Waals surface area contributed by atoms with Gasteiger partial charge in [-0.05, 0) is 43.2 Å². The number of ether oxygens (including phenoxy) is 2. The highest BCUT2D eigenvalue weighted by Crippen LogP contribution is 2.36. The molecule has 29 heavy (non-hydrogen) atoms. The number of aromatic nitrogens is 1. The summed E-state index contributed by atoms with van der Waals surface area (Å²) >= 11 is 0. The number of esters is 1. The van der Waals surface area contributed by atoms with Crippen LogP contribution < -0.4 is 4.74 Å². The Morgan fingerprint density at radius 2 is 1.76 bits per heavy atom. The summed E-state index contributed by atoms with van der Waals surface area (Å²) in [5.74, 6) is 0.148. The molecule has 3 rings (SSSR count). The zero-order chi connectivity index (χ0) is 20.7. The standard InChI is InChI=1S/C24H25NO4/c1-24(2,23(27)29-17-19-10-7-13-25-15-19)22(26)20-11-6-12-21(14-20)28-16-18-8-4-3-5-9-18/h3-15,22,26H,16-17H2,1-2H3. The minimum Gasteiger partial charge on any atom is -0.489 e. The molecule has 0 radical (unpaired) electrons. The Bertz CT molecular complexity index is 926. The van der Waals surface area contributed by atoms with Crippen LogP contribution in [0.15, 0.2) is 79.1 Å². The Morgan fingerprint density at radius 3 is 2.48 bits per heavy atom. The fraction of sp³-hybridized carbons (Fsp3) is 0.250. The molecule has 0 spiro atoms. The van der Waals surface area contributed by atoms with E-state index in [9.17, 15) is 9.90 Å². The predicted octanol–water partition coefficient (Wildman–Crippen LogP) is 4.46. The normalized spacial score (nSPS) is 12.2. The highest BCUT2D eigenvalue weighted by atomic mass is 16.5. The number of carbonyl (C=O) groups is 1. The smallest absolute Gasteiger partial charge is 0.314 e. The molecule has 1 N–H and O–H groups in total. The fourth-order valence-electron chi connectivity index (χ4n) is 2.86. The highest BCUT2D eigenvalue weighted by Gasteiger charge is 2.38. The van der Waals surface area contributed by atoms with Gasteiger partial charge in [-0.2, -0.15) is 0 Å². The molecule has 0 fully saturated rings. The predicted molar refractivity (Wildman–Crippen MR) is 110 cm³/mol. The first-order chi connectivity index (χ1) is 14.0. The van der Waals surface area contributed by atoms with Crippen LogP contribution in [-0.4, -0.2) is 16.1 Å². The Balaban J connectivity index is 1.64. The van der Waals surface area contributed by atoms with Gasteiger partial charge in [-0.1, -0.05) is 48.5 Å². The van der Waals surface area contributed by atoms with E-state index in [1.54, 1.807) is 50.5 Å². The van der Waals surface area contributed by atoms with Gasteiger partial charge in [-0.3, -0.25) is 9.78 Å². The second-order valence-electron chi connectivity index (χ2n) is 7.41. The molecule has 1 unspecified atom stereocenters. The number of carbonyl (C=O) groups excluding carboxylic acids is 1. The maximum atomic E-state index is 12.6. The average molecular weight is 391 g/mol. The van der Waals surface area contributed by atoms with Crippen molar-refractivity contribution in [2.24, 2.45) is 5.41 Å². The summed E-state index contributed by atoms with van der Waals surface area (Å²) in [5.41, 5.74) is 1.32. The molecule has 0 amide bonds. The van der Waals surface area contributed by atoms with E-state index in [2.05, 4.69) is 4.98 Å². The molecule has 1 atom stereocenters. The van der Waals surface area contributed by atoms with Gasteiger partial charge in [0.15, 0.2) is 0 Å². The molecular weight excluding hydrogens is 366 g/mol. The maximum Gasteiger partial charge on any atom is 0.314 e. The van der Waals surface area contributed by atoms with Gasteiger partial charge >= 0.3 is 5.97 Å². The van der Waals surface area contributed by atoms with Crippen molar-refractivity contribution in [3.63, 3.8) is 0 Å². The van der Waals surface area contributed by atoms with Crippen LogP contribution in [0.2, 0.25) is 0 Å². The van der Waals surface area contributed by atoms with E-state index >= 15 is 0 Å². The van der Waals surface area contributed by atoms with Crippen LogP contribution in [0.1, 0.15) is 36.6 Å². The van der Waals surface area contributed by atoms with Gasteiger partial charge < -0.3 is 14.6 Å². The molecule has 1 aromatic heterocycles. The summed E-state index contributed by atoms with van der Waals surface area (Å²) in [6.07, 6.45) is 2.26. The van der Waals surface area contributed by atoms with Crippen LogP contribution in [0.25, 0.3) is 0 Å². The molecule has 5 nitrogen and oxygen atoms in total. The van der Waals surface area contributed by atoms with Gasteiger partial charge in [-0.25, -0.2) is 0 Å². The molecule has 0 saturated heterocycles. The Hall–Kier alpha value is -3.18. The van der Waals surface area contributed by atoms with Gasteiger partial charge in [0.1, 0.15) is 19.0 Å². The summed E-state index contributed by atoms with van der Waals surface area (Å²) in [5, 5.41) is 10.9. The topological polar surface area (TPSA) is 68.7 Å². The third-order valence-corrected chi connectivity index (χ3v) is 4.72. The molecule has 0 aliphatic carbocycles. The molecule has 0 saturated carbocycles. The minimum absolute atomic E-state index is 0.114. The number of hydrogen-bond acceptors (Lipinski definition) is 5. The summed E-state index contributed by atoms with van der Waals surface area (Å²) in [6, 6.07) is 20.6. The van der Waals surface area contributed by atoms with Crippen LogP contribution in [0.4, 0.5) is 0 Å². The first-order valence-corrected chi connectivity index (χ1v) is 9.47. The fourth-order valence-corrected chi connectivity index (χ4v) is 2.86. The van der Waals surface area contributed by atoms with Crippen LogP contribution in [-0.2, 0) is 22.7 Å². The number of rotatable bonds is 8. The zero-order valence-corrected chi connectivity index (χ0v) is 16.6. The van der Waals surface area contributed by atoms with Crippen molar-refractivity contribution in [1.29, 1.82) is 0 Å². The van der Waals surface area contributed by atoms with Crippen molar-refractivity contribution in [2.45, 2.75) is 33.2 Å². The minimum atomic E-state index is -1.12. The van der Waals surface area contributed by atoms with Gasteiger partial charge in [0, 0.05) is 18.0 Å². The van der Waals surface area contributed by atoms with E-state index in [1.807, 2.05) is 42.5 Å². The first-order valence-electron chi connectivity index (χ1n) is 9.47. The number of benzene rings is 2. The molecule has 2 aromatic carbocycles. The average Bonchev–Trinajstić information content (AvgIpc) is 2.77. The van der Waals surface area contributed by atoms with Crippen molar-refractivity contribution < 1.29 is 19.4 Å². The van der Waals surface area contributed by atoms with Gasteiger partial charge in [0.2, 0.25) is 0 Å². The molecule has 0 bridgehead atoms. The molecule has 0 aliphatic heterocycles. The van der Waals surface area contributed by atoms with E-state index in [1.165, 1.54) is 0 Å². The molecule has 0 aliphatic rings. The number of aliphatic hydroxyl groups is 1. The Morgan fingerprint density at radius 1 is 1.00 bits per heavy atom. The third-order valence-electron chi connectivity index (χ3n) is 4.72. The lowest BCUT2D eigenvalue weighted by molar-refractivity contribution is -0.162. The van der Waals surface area contributed by atoms with E-state index in [4.69, 9.17) is 9.47 Å². The van der Waals surface area contributed by atoms with Crippen molar-refractivity contribution in [3.05, 3.63) is 95.8 Å². The lowest BCUT2D eigenvalue weighted by Gasteiger charge is -2.28. The first kappa shape index (κ1) is 20.6. The highest BCUT2D eigenvalue weighted by molar-refractivity contribution is 5.77. The number of nitrogens with zero attached hydrogens (tertiary/aromatic N) is 1. The van der Waals surface area contributed by atoms with Crippen LogP contribution >= 0.6 is 0 Å². The quantitative estimate of drug-likeness (QED) is 0.574. The third kappa shape index (κ3) is 5.42.